The fourth-order valence-corrected chi connectivity index (χ4v) is 5.82. The first-order valence-electron chi connectivity index (χ1n) is 13.0. The van der Waals surface area contributed by atoms with Crippen molar-refractivity contribution in [1.82, 2.24) is 10.3 Å². The molecule has 0 radical (unpaired) electrons. The minimum atomic E-state index is -2.95. The number of nitrogens with zero attached hydrogens (tertiary/aromatic N) is 2. The summed E-state index contributed by atoms with van der Waals surface area (Å²) in [6.07, 6.45) is 0.168. The Morgan fingerprint density at radius 1 is 1.17 bits per heavy atom. The zero-order chi connectivity index (χ0) is 29.5. The van der Waals surface area contributed by atoms with E-state index in [1.807, 2.05) is 0 Å². The SMILES string of the molecule is COc1ccc(F)c(C2(O)C(=O)N(C[C@H]3CC[C@H](NC(=O)c4cc(Cl)cnc4C(F)F)CC3)c3cccc(F)c32)c1. The predicted molar refractivity (Wildman–Crippen MR) is 142 cm³/mol. The van der Waals surface area contributed by atoms with Gasteiger partial charge >= 0.3 is 0 Å². The van der Waals surface area contributed by atoms with Gasteiger partial charge in [-0.15, -0.1) is 0 Å². The van der Waals surface area contributed by atoms with Crippen LogP contribution in [0.5, 0.6) is 5.75 Å². The number of fused-ring (bicyclic) bond motifs is 1. The van der Waals surface area contributed by atoms with E-state index in [1.165, 1.54) is 36.3 Å². The number of nitrogens with one attached hydrogen (secondary N) is 1. The number of aliphatic hydroxyl groups is 1. The van der Waals surface area contributed by atoms with E-state index in [1.54, 1.807) is 0 Å². The number of ether oxygens (including phenoxy) is 1. The van der Waals surface area contributed by atoms with Crippen molar-refractivity contribution in [1.29, 1.82) is 0 Å². The number of aromatic nitrogens is 1. The van der Waals surface area contributed by atoms with E-state index in [4.69, 9.17) is 16.3 Å². The molecule has 1 fully saturated rings. The van der Waals surface area contributed by atoms with Gasteiger partial charge in [0, 0.05) is 24.3 Å². The first kappa shape index (κ1) is 28.8. The molecular weight excluding hydrogens is 566 g/mol. The summed E-state index contributed by atoms with van der Waals surface area (Å²) in [6, 6.07) is 8.39. The minimum absolute atomic E-state index is 0.0593. The smallest absolute Gasteiger partial charge is 0.281 e. The number of benzene rings is 2. The van der Waals surface area contributed by atoms with E-state index in [0.717, 1.165) is 24.4 Å². The van der Waals surface area contributed by atoms with Crippen molar-refractivity contribution in [2.45, 2.75) is 43.8 Å². The van der Waals surface area contributed by atoms with Gasteiger partial charge in [-0.25, -0.2) is 17.6 Å². The molecule has 1 aliphatic carbocycles. The molecule has 2 N–H and O–H groups in total. The van der Waals surface area contributed by atoms with Crippen LogP contribution in [-0.4, -0.2) is 41.6 Å². The lowest BCUT2D eigenvalue weighted by atomic mass is 9.85. The Hall–Kier alpha value is -3.70. The van der Waals surface area contributed by atoms with Gasteiger partial charge in [-0.1, -0.05) is 17.7 Å². The quantitative estimate of drug-likeness (QED) is 0.353. The average molecular weight is 592 g/mol. The Kier molecular flexibility index (Phi) is 7.93. The number of carbonyl (C=O) groups is 2. The van der Waals surface area contributed by atoms with E-state index < -0.39 is 46.7 Å². The summed E-state index contributed by atoms with van der Waals surface area (Å²) in [4.78, 5) is 31.3. The molecule has 41 heavy (non-hydrogen) atoms. The summed E-state index contributed by atoms with van der Waals surface area (Å²) in [5, 5.41) is 14.5. The molecule has 12 heteroatoms. The summed E-state index contributed by atoms with van der Waals surface area (Å²) in [5.74, 6) is -3.23. The standard InChI is InChI=1S/C29H26ClF4N3O4/c1-41-18-9-10-21(31)20(12-18)29(40)24-22(32)3-2-4-23(24)37(28(29)39)14-15-5-7-17(8-6-15)36-27(38)19-11-16(30)13-35-25(19)26(33)34/h2-4,9-13,15,17,26,40H,5-8,14H2,1H3,(H,36,38)/t15-,17-,29?. The van der Waals surface area contributed by atoms with E-state index >= 15 is 4.39 Å². The zero-order valence-corrected chi connectivity index (χ0v) is 22.6. The van der Waals surface area contributed by atoms with Gasteiger partial charge in [0.05, 0.1) is 28.9 Å². The summed E-state index contributed by atoms with van der Waals surface area (Å²) in [5.41, 5.74) is -4.15. The number of amides is 2. The Labute approximate surface area is 238 Å². The van der Waals surface area contributed by atoms with E-state index in [2.05, 4.69) is 10.3 Å². The Morgan fingerprint density at radius 3 is 2.59 bits per heavy atom. The van der Waals surface area contributed by atoms with Crippen molar-refractivity contribution >= 4 is 29.1 Å². The molecule has 2 amide bonds. The Bertz CT molecular complexity index is 1500. The van der Waals surface area contributed by atoms with E-state index in [-0.39, 0.29) is 46.1 Å². The summed E-state index contributed by atoms with van der Waals surface area (Å²) in [7, 11) is 1.35. The van der Waals surface area contributed by atoms with Crippen molar-refractivity contribution in [3.05, 3.63) is 87.7 Å². The lowest BCUT2D eigenvalue weighted by Gasteiger charge is -2.32. The molecule has 3 aromatic rings. The summed E-state index contributed by atoms with van der Waals surface area (Å²) < 4.78 is 61.9. The fraction of sp³-hybridized carbons (Fsp3) is 0.345. The third-order valence-electron chi connectivity index (χ3n) is 7.72. The highest BCUT2D eigenvalue weighted by atomic mass is 35.5. The van der Waals surface area contributed by atoms with Gasteiger partial charge < -0.3 is 20.1 Å². The van der Waals surface area contributed by atoms with Gasteiger partial charge in [-0.2, -0.15) is 0 Å². The van der Waals surface area contributed by atoms with Gasteiger partial charge in [0.25, 0.3) is 18.2 Å². The summed E-state index contributed by atoms with van der Waals surface area (Å²) in [6.45, 7) is 0.123. The van der Waals surface area contributed by atoms with Crippen LogP contribution >= 0.6 is 11.6 Å². The molecule has 7 nitrogen and oxygen atoms in total. The number of hydrogen-bond acceptors (Lipinski definition) is 5. The molecule has 0 spiro atoms. The maximum absolute atomic E-state index is 15.1. The van der Waals surface area contributed by atoms with Crippen LogP contribution in [0.4, 0.5) is 23.2 Å². The molecule has 1 unspecified atom stereocenters. The van der Waals surface area contributed by atoms with Gasteiger partial charge in [0.1, 0.15) is 23.1 Å². The second-order valence-corrected chi connectivity index (χ2v) is 10.6. The number of methoxy groups -OCH3 is 1. The van der Waals surface area contributed by atoms with Crippen LogP contribution < -0.4 is 15.0 Å². The Morgan fingerprint density at radius 2 is 1.90 bits per heavy atom. The number of rotatable bonds is 7. The first-order valence-corrected chi connectivity index (χ1v) is 13.3. The topological polar surface area (TPSA) is 91.8 Å². The van der Waals surface area contributed by atoms with Crippen molar-refractivity contribution in [2.24, 2.45) is 5.92 Å². The van der Waals surface area contributed by atoms with Crippen LogP contribution in [0.1, 0.15) is 59.3 Å². The first-order chi connectivity index (χ1) is 19.5. The van der Waals surface area contributed by atoms with E-state index in [9.17, 15) is 27.9 Å². The molecule has 1 saturated carbocycles. The van der Waals surface area contributed by atoms with Gasteiger partial charge in [-0.3, -0.25) is 14.6 Å². The van der Waals surface area contributed by atoms with Crippen LogP contribution in [0, 0.1) is 17.6 Å². The van der Waals surface area contributed by atoms with Gasteiger partial charge in [0.15, 0.2) is 0 Å². The van der Waals surface area contributed by atoms with Gasteiger partial charge in [-0.05, 0) is 68.0 Å². The average Bonchev–Trinajstić information content (AvgIpc) is 3.17. The van der Waals surface area contributed by atoms with E-state index in [0.29, 0.717) is 25.7 Å². The molecule has 5 rings (SSSR count). The number of alkyl halides is 2. The molecule has 1 aromatic heterocycles. The monoisotopic (exact) mass is 591 g/mol. The van der Waals surface area contributed by atoms with Crippen molar-refractivity contribution < 1.29 is 37.0 Å². The second kappa shape index (κ2) is 11.3. The van der Waals surface area contributed by atoms with Crippen molar-refractivity contribution in [2.75, 3.05) is 18.6 Å². The zero-order valence-electron chi connectivity index (χ0n) is 21.8. The number of halogens is 5. The second-order valence-electron chi connectivity index (χ2n) is 10.2. The Balaban J connectivity index is 1.32. The number of anilines is 1. The number of hydrogen-bond donors (Lipinski definition) is 2. The highest BCUT2D eigenvalue weighted by Crippen LogP contribution is 2.47. The predicted octanol–water partition coefficient (Wildman–Crippen LogP) is 5.53. The largest absolute Gasteiger partial charge is 0.497 e. The fourth-order valence-electron chi connectivity index (χ4n) is 5.66. The molecule has 2 aromatic carbocycles. The maximum atomic E-state index is 15.1. The highest BCUT2D eigenvalue weighted by molar-refractivity contribution is 6.30. The van der Waals surface area contributed by atoms with Crippen LogP contribution in [0.3, 0.4) is 0 Å². The van der Waals surface area contributed by atoms with Crippen LogP contribution in [0.25, 0.3) is 0 Å². The van der Waals surface area contributed by atoms with Crippen LogP contribution in [0.15, 0.2) is 48.7 Å². The molecular formula is C29H26ClF4N3O4. The van der Waals surface area contributed by atoms with Crippen molar-refractivity contribution in [3.63, 3.8) is 0 Å². The lowest BCUT2D eigenvalue weighted by molar-refractivity contribution is -0.132. The number of pyridine rings is 1. The molecule has 2 aliphatic rings. The molecule has 1 aliphatic heterocycles. The third-order valence-corrected chi connectivity index (χ3v) is 7.93. The lowest BCUT2D eigenvalue weighted by Crippen LogP contribution is -2.45. The molecule has 1 atom stereocenters. The third kappa shape index (κ3) is 5.24. The van der Waals surface area contributed by atoms with Crippen LogP contribution in [0.2, 0.25) is 5.02 Å². The number of carbonyl (C=O) groups excluding carboxylic acids is 2. The normalized spacial score (nSPS) is 22.1. The van der Waals surface area contributed by atoms with Gasteiger partial charge in [0.2, 0.25) is 5.60 Å². The highest BCUT2D eigenvalue weighted by Gasteiger charge is 2.54. The summed E-state index contributed by atoms with van der Waals surface area (Å²) >= 11 is 5.86. The van der Waals surface area contributed by atoms with Crippen LogP contribution in [-0.2, 0) is 10.4 Å². The molecule has 0 saturated heterocycles. The molecule has 0 bridgehead atoms. The maximum Gasteiger partial charge on any atom is 0.281 e. The molecule has 2 heterocycles. The minimum Gasteiger partial charge on any atom is -0.497 e. The molecule has 216 valence electrons. The van der Waals surface area contributed by atoms with Crippen molar-refractivity contribution in [3.8, 4) is 5.75 Å².